The van der Waals surface area contributed by atoms with Gasteiger partial charge >= 0.3 is 6.18 Å². The Labute approximate surface area is 214 Å². The van der Waals surface area contributed by atoms with Gasteiger partial charge in [-0.15, -0.1) is 11.3 Å². The summed E-state index contributed by atoms with van der Waals surface area (Å²) in [4.78, 5) is 37.5. The number of hydrogen-bond donors (Lipinski definition) is 1. The largest absolute Gasteiger partial charge is 0.416 e. The molecule has 0 spiro atoms. The van der Waals surface area contributed by atoms with Crippen LogP contribution in [0.4, 0.5) is 13.2 Å². The molecule has 4 heterocycles. The molecule has 4 aromatic rings. The lowest BCUT2D eigenvalue weighted by Gasteiger charge is -2.27. The molecule has 2 aliphatic rings. The van der Waals surface area contributed by atoms with E-state index < -0.39 is 11.7 Å². The summed E-state index contributed by atoms with van der Waals surface area (Å²) in [5, 5.41) is 3.53. The first-order valence-electron chi connectivity index (χ1n) is 11.9. The van der Waals surface area contributed by atoms with Gasteiger partial charge in [-0.05, 0) is 55.5 Å². The molecule has 37 heavy (non-hydrogen) atoms. The van der Waals surface area contributed by atoms with E-state index in [4.69, 9.17) is 0 Å². The van der Waals surface area contributed by atoms with Gasteiger partial charge in [-0.2, -0.15) is 13.2 Å². The second-order valence-electron chi connectivity index (χ2n) is 9.44. The van der Waals surface area contributed by atoms with Crippen molar-refractivity contribution in [1.29, 1.82) is 0 Å². The lowest BCUT2D eigenvalue weighted by molar-refractivity contribution is -0.137. The molecule has 3 atom stereocenters. The minimum Gasteiger partial charge on any atom is -0.349 e. The van der Waals surface area contributed by atoms with Crippen molar-refractivity contribution in [3.63, 3.8) is 0 Å². The Hall–Kier alpha value is -3.73. The average Bonchev–Trinajstić information content (AvgIpc) is 3.21. The minimum absolute atomic E-state index is 0.0570. The molecular formula is C26H22F3N5O2S. The zero-order valence-electron chi connectivity index (χ0n) is 19.7. The van der Waals surface area contributed by atoms with Gasteiger partial charge in [0.05, 0.1) is 27.7 Å². The Kier molecular flexibility index (Phi) is 5.55. The van der Waals surface area contributed by atoms with E-state index in [1.807, 2.05) is 12.1 Å². The lowest BCUT2D eigenvalue weighted by Crippen LogP contribution is -2.45. The van der Waals surface area contributed by atoms with Gasteiger partial charge in [0.15, 0.2) is 0 Å². The maximum absolute atomic E-state index is 13.8. The first-order chi connectivity index (χ1) is 17.7. The zero-order chi connectivity index (χ0) is 25.9. The van der Waals surface area contributed by atoms with Crippen molar-refractivity contribution >= 4 is 28.8 Å². The summed E-state index contributed by atoms with van der Waals surface area (Å²) >= 11 is 1.20. The molecule has 0 radical (unpaired) electrons. The molecule has 2 fully saturated rings. The van der Waals surface area contributed by atoms with Gasteiger partial charge in [0, 0.05) is 18.8 Å². The summed E-state index contributed by atoms with van der Waals surface area (Å²) in [7, 11) is 0. The van der Waals surface area contributed by atoms with Crippen LogP contribution in [-0.4, -0.2) is 49.7 Å². The number of fused-ring (bicyclic) bond motifs is 2. The summed E-state index contributed by atoms with van der Waals surface area (Å²) in [5.74, 6) is -0.241. The average molecular weight is 526 g/mol. The van der Waals surface area contributed by atoms with Crippen LogP contribution in [0.25, 0.3) is 16.1 Å². The summed E-state index contributed by atoms with van der Waals surface area (Å²) in [5.41, 5.74) is 0.761. The van der Waals surface area contributed by atoms with E-state index >= 15 is 0 Å². The van der Waals surface area contributed by atoms with Gasteiger partial charge in [0.2, 0.25) is 0 Å². The Morgan fingerprint density at radius 3 is 2.81 bits per heavy atom. The third-order valence-corrected chi connectivity index (χ3v) is 8.00. The second-order valence-corrected chi connectivity index (χ2v) is 10.6. The number of halogens is 3. The molecule has 1 aliphatic heterocycles. The number of amides is 2. The Morgan fingerprint density at radius 2 is 2.00 bits per heavy atom. The summed E-state index contributed by atoms with van der Waals surface area (Å²) in [6.07, 6.45) is 0.425. The number of imidazole rings is 1. The van der Waals surface area contributed by atoms with Gasteiger partial charge in [-0.1, -0.05) is 18.2 Å². The van der Waals surface area contributed by atoms with E-state index in [0.29, 0.717) is 32.7 Å². The van der Waals surface area contributed by atoms with Crippen LogP contribution in [0.1, 0.15) is 44.4 Å². The van der Waals surface area contributed by atoms with Crippen LogP contribution >= 0.6 is 11.3 Å². The van der Waals surface area contributed by atoms with Crippen molar-refractivity contribution in [2.24, 2.45) is 5.92 Å². The van der Waals surface area contributed by atoms with Gasteiger partial charge in [-0.25, -0.2) is 9.97 Å². The number of nitrogens with one attached hydrogen (secondary N) is 1. The number of nitrogens with zero attached hydrogens (tertiary/aromatic N) is 4. The van der Waals surface area contributed by atoms with Gasteiger partial charge in [0.1, 0.15) is 17.0 Å². The van der Waals surface area contributed by atoms with Crippen molar-refractivity contribution in [3.05, 3.63) is 76.8 Å². The number of carbonyl (C=O) groups is 2. The highest BCUT2D eigenvalue weighted by Gasteiger charge is 2.54. The van der Waals surface area contributed by atoms with Gasteiger partial charge in [0.25, 0.3) is 11.8 Å². The molecule has 0 bridgehead atoms. The van der Waals surface area contributed by atoms with Crippen LogP contribution in [0, 0.1) is 12.8 Å². The number of rotatable bonds is 5. The van der Waals surface area contributed by atoms with Gasteiger partial charge in [-0.3, -0.25) is 14.0 Å². The Morgan fingerprint density at radius 1 is 1.16 bits per heavy atom. The number of hydrogen-bond acceptors (Lipinski definition) is 5. The summed E-state index contributed by atoms with van der Waals surface area (Å²) < 4.78 is 41.6. The van der Waals surface area contributed by atoms with Crippen LogP contribution in [0.15, 0.2) is 54.9 Å². The highest BCUT2D eigenvalue weighted by Crippen LogP contribution is 2.49. The number of thiazole rings is 1. The molecule has 3 aromatic heterocycles. The first kappa shape index (κ1) is 23.7. The SMILES string of the molecule is Cc1nc(C(=O)N2[C@H](CNC(=O)c3cnc4ccccn34)C[C@@H]3C[C@@H]32)c(-c2cccc(C(F)(F)F)c2)s1. The van der Waals surface area contributed by atoms with E-state index in [0.717, 1.165) is 25.0 Å². The standard InChI is InChI=1S/C26H22F3N5O2S/c1-14-32-22(23(37-14)15-5-4-6-17(9-15)26(27,28)29)25(36)34-18(10-16-11-19(16)34)12-31-24(35)20-13-30-21-7-2-3-8-33(20)21/h2-9,13,16,18-19H,10-12H2,1H3,(H,31,35)/t16-,18+,19+/m1/s1. The summed E-state index contributed by atoms with van der Waals surface area (Å²) in [6, 6.07) is 10.3. The number of pyridine rings is 1. The molecule has 1 aromatic carbocycles. The fraction of sp³-hybridized carbons (Fsp3) is 0.308. The topological polar surface area (TPSA) is 79.6 Å². The highest BCUT2D eigenvalue weighted by atomic mass is 32.1. The van der Waals surface area contributed by atoms with Crippen molar-refractivity contribution < 1.29 is 22.8 Å². The van der Waals surface area contributed by atoms with E-state index in [-0.39, 0.29) is 36.1 Å². The number of likely N-dealkylation sites (tertiary alicyclic amines) is 1. The summed E-state index contributed by atoms with van der Waals surface area (Å²) in [6.45, 7) is 2.00. The van der Waals surface area contributed by atoms with Crippen molar-refractivity contribution in [2.75, 3.05) is 6.54 Å². The Bertz CT molecular complexity index is 1530. The third-order valence-electron chi connectivity index (χ3n) is 6.98. The van der Waals surface area contributed by atoms with Crippen molar-refractivity contribution in [2.45, 2.75) is 38.0 Å². The molecule has 6 rings (SSSR count). The van der Waals surface area contributed by atoms with Crippen LogP contribution in [0.3, 0.4) is 0 Å². The number of carbonyl (C=O) groups excluding carboxylic acids is 2. The highest BCUT2D eigenvalue weighted by molar-refractivity contribution is 7.15. The zero-order valence-corrected chi connectivity index (χ0v) is 20.5. The molecule has 1 saturated heterocycles. The molecular weight excluding hydrogens is 503 g/mol. The third kappa shape index (κ3) is 4.26. The smallest absolute Gasteiger partial charge is 0.349 e. The fourth-order valence-electron chi connectivity index (χ4n) is 5.19. The van der Waals surface area contributed by atoms with Gasteiger partial charge < -0.3 is 10.2 Å². The molecule has 11 heteroatoms. The van der Waals surface area contributed by atoms with Crippen LogP contribution < -0.4 is 5.32 Å². The predicted octanol–water partition coefficient (Wildman–Crippen LogP) is 4.82. The quantitative estimate of drug-likeness (QED) is 0.405. The number of piperidine rings is 1. The monoisotopic (exact) mass is 525 g/mol. The molecule has 1 aliphatic carbocycles. The Balaban J connectivity index is 1.24. The molecule has 0 unspecified atom stereocenters. The van der Waals surface area contributed by atoms with Crippen LogP contribution in [-0.2, 0) is 6.18 Å². The number of alkyl halides is 3. The van der Waals surface area contributed by atoms with Crippen LogP contribution in [0.2, 0.25) is 0 Å². The van der Waals surface area contributed by atoms with E-state index in [1.54, 1.807) is 34.6 Å². The first-order valence-corrected chi connectivity index (χ1v) is 12.7. The molecule has 190 valence electrons. The molecule has 7 nitrogen and oxygen atoms in total. The van der Waals surface area contributed by atoms with Crippen LogP contribution in [0.5, 0.6) is 0 Å². The lowest BCUT2D eigenvalue weighted by atomic mass is 10.1. The minimum atomic E-state index is -4.49. The molecule has 2 amide bonds. The normalized spacial score (nSPS) is 20.8. The fourth-order valence-corrected chi connectivity index (χ4v) is 6.09. The number of aryl methyl sites for hydroxylation is 1. The second kappa shape index (κ2) is 8.69. The van der Waals surface area contributed by atoms with E-state index in [1.165, 1.54) is 23.6 Å². The molecule has 1 N–H and O–H groups in total. The maximum atomic E-state index is 13.8. The van der Waals surface area contributed by atoms with E-state index in [2.05, 4.69) is 15.3 Å². The number of aromatic nitrogens is 3. The predicted molar refractivity (Wildman–Crippen MR) is 131 cm³/mol. The van der Waals surface area contributed by atoms with E-state index in [9.17, 15) is 22.8 Å². The maximum Gasteiger partial charge on any atom is 0.416 e. The molecule has 1 saturated carbocycles. The number of benzene rings is 1. The van der Waals surface area contributed by atoms with Crippen molar-refractivity contribution in [1.82, 2.24) is 24.6 Å². The van der Waals surface area contributed by atoms with Crippen molar-refractivity contribution in [3.8, 4) is 10.4 Å².